The first-order chi connectivity index (χ1) is 11.2. The number of rotatable bonds is 4. The molecule has 24 heavy (non-hydrogen) atoms. The third-order valence-electron chi connectivity index (χ3n) is 4.03. The highest BCUT2D eigenvalue weighted by Gasteiger charge is 2.11. The minimum absolute atomic E-state index is 0. The van der Waals surface area contributed by atoms with E-state index in [1.54, 1.807) is 13.2 Å². The summed E-state index contributed by atoms with van der Waals surface area (Å²) in [6.07, 6.45) is 3.47. The van der Waals surface area contributed by atoms with E-state index in [9.17, 15) is 4.39 Å². The Labute approximate surface area is 158 Å². The van der Waals surface area contributed by atoms with Crippen LogP contribution in [0.25, 0.3) is 0 Å². The van der Waals surface area contributed by atoms with Crippen LogP contribution in [0, 0.1) is 5.82 Å². The van der Waals surface area contributed by atoms with Crippen LogP contribution in [0.5, 0.6) is 5.75 Å². The Morgan fingerprint density at radius 3 is 2.79 bits per heavy atom. The number of guanidine groups is 1. The molecule has 0 unspecified atom stereocenters. The SMILES string of the molecule is COc1ccc(F)cc1CN=C(N)Nc1ccc2c(c1)CCC2.I. The molecule has 128 valence electrons. The normalized spacial score (nSPS) is 13.2. The third kappa shape index (κ3) is 4.37. The van der Waals surface area contributed by atoms with Crippen molar-refractivity contribution in [1.29, 1.82) is 0 Å². The number of fused-ring (bicyclic) bond motifs is 1. The van der Waals surface area contributed by atoms with Gasteiger partial charge in [-0.15, -0.1) is 24.0 Å². The van der Waals surface area contributed by atoms with Gasteiger partial charge in [-0.1, -0.05) is 6.07 Å². The summed E-state index contributed by atoms with van der Waals surface area (Å²) in [4.78, 5) is 4.27. The van der Waals surface area contributed by atoms with Gasteiger partial charge < -0.3 is 15.8 Å². The van der Waals surface area contributed by atoms with Gasteiger partial charge in [0, 0.05) is 11.3 Å². The Balaban J connectivity index is 0.00000208. The fourth-order valence-electron chi connectivity index (χ4n) is 2.88. The lowest BCUT2D eigenvalue weighted by Crippen LogP contribution is -2.22. The lowest BCUT2D eigenvalue weighted by Gasteiger charge is -2.09. The number of methoxy groups -OCH3 is 1. The highest BCUT2D eigenvalue weighted by atomic mass is 127. The molecule has 2 aromatic carbocycles. The molecule has 3 N–H and O–H groups in total. The van der Waals surface area contributed by atoms with Crippen molar-refractivity contribution in [3.8, 4) is 5.75 Å². The quantitative estimate of drug-likeness (QED) is 0.431. The van der Waals surface area contributed by atoms with Crippen molar-refractivity contribution in [2.45, 2.75) is 25.8 Å². The molecular weight excluding hydrogens is 420 g/mol. The monoisotopic (exact) mass is 441 g/mol. The third-order valence-corrected chi connectivity index (χ3v) is 4.03. The summed E-state index contributed by atoms with van der Waals surface area (Å²) in [5.41, 5.74) is 10.3. The number of hydrogen-bond donors (Lipinski definition) is 2. The maximum Gasteiger partial charge on any atom is 0.193 e. The summed E-state index contributed by atoms with van der Waals surface area (Å²) >= 11 is 0. The smallest absolute Gasteiger partial charge is 0.193 e. The predicted octanol–water partition coefficient (Wildman–Crippen LogP) is 3.87. The van der Waals surface area contributed by atoms with Gasteiger partial charge in [-0.25, -0.2) is 9.38 Å². The Morgan fingerprint density at radius 1 is 1.21 bits per heavy atom. The van der Waals surface area contributed by atoms with Gasteiger partial charge in [0.15, 0.2) is 5.96 Å². The Kier molecular flexibility index (Phi) is 6.42. The predicted molar refractivity (Wildman–Crippen MR) is 106 cm³/mol. The molecule has 0 fully saturated rings. The summed E-state index contributed by atoms with van der Waals surface area (Å²) in [7, 11) is 1.55. The van der Waals surface area contributed by atoms with Crippen LogP contribution < -0.4 is 15.8 Å². The van der Waals surface area contributed by atoms with Crippen molar-refractivity contribution in [2.75, 3.05) is 12.4 Å². The number of ether oxygens (including phenoxy) is 1. The average molecular weight is 441 g/mol. The first-order valence-corrected chi connectivity index (χ1v) is 7.67. The van der Waals surface area contributed by atoms with Gasteiger partial charge in [0.25, 0.3) is 0 Å². The fourth-order valence-corrected chi connectivity index (χ4v) is 2.88. The van der Waals surface area contributed by atoms with E-state index in [0.717, 1.165) is 18.5 Å². The molecule has 0 aromatic heterocycles. The van der Waals surface area contributed by atoms with Crippen molar-refractivity contribution in [2.24, 2.45) is 10.7 Å². The lowest BCUT2D eigenvalue weighted by atomic mass is 10.1. The second kappa shape index (κ2) is 8.32. The van der Waals surface area contributed by atoms with E-state index in [4.69, 9.17) is 10.5 Å². The Bertz CT molecular complexity index is 749. The minimum Gasteiger partial charge on any atom is -0.496 e. The van der Waals surface area contributed by atoms with E-state index in [-0.39, 0.29) is 36.3 Å². The number of aliphatic imine (C=N–C) groups is 1. The number of anilines is 1. The highest BCUT2D eigenvalue weighted by molar-refractivity contribution is 14.0. The minimum atomic E-state index is -0.318. The van der Waals surface area contributed by atoms with Crippen LogP contribution in [0.2, 0.25) is 0 Å². The topological polar surface area (TPSA) is 59.6 Å². The van der Waals surface area contributed by atoms with Gasteiger partial charge in [-0.3, -0.25) is 0 Å². The average Bonchev–Trinajstić information content (AvgIpc) is 3.00. The van der Waals surface area contributed by atoms with Crippen molar-refractivity contribution < 1.29 is 9.13 Å². The molecule has 0 amide bonds. The zero-order valence-corrected chi connectivity index (χ0v) is 15.8. The molecule has 0 bridgehead atoms. The molecule has 0 atom stereocenters. The molecule has 0 heterocycles. The lowest BCUT2D eigenvalue weighted by molar-refractivity contribution is 0.408. The first-order valence-electron chi connectivity index (χ1n) is 7.67. The number of nitrogens with zero attached hydrogens (tertiary/aromatic N) is 1. The largest absolute Gasteiger partial charge is 0.496 e. The molecule has 2 aromatic rings. The number of benzene rings is 2. The van der Waals surface area contributed by atoms with Gasteiger partial charge in [-0.2, -0.15) is 0 Å². The van der Waals surface area contributed by atoms with E-state index in [1.165, 1.54) is 29.7 Å². The summed E-state index contributed by atoms with van der Waals surface area (Å²) in [6.45, 7) is 0.255. The maximum atomic E-state index is 13.3. The van der Waals surface area contributed by atoms with E-state index in [2.05, 4.69) is 22.4 Å². The van der Waals surface area contributed by atoms with Crippen LogP contribution in [0.1, 0.15) is 23.1 Å². The molecule has 4 nitrogen and oxygen atoms in total. The van der Waals surface area contributed by atoms with Gasteiger partial charge in [0.2, 0.25) is 0 Å². The van der Waals surface area contributed by atoms with Gasteiger partial charge >= 0.3 is 0 Å². The second-order valence-corrected chi connectivity index (χ2v) is 5.62. The zero-order chi connectivity index (χ0) is 16.2. The van der Waals surface area contributed by atoms with Crippen LogP contribution >= 0.6 is 24.0 Å². The summed E-state index contributed by atoms with van der Waals surface area (Å²) < 4.78 is 18.5. The van der Waals surface area contributed by atoms with E-state index in [1.807, 2.05) is 6.07 Å². The zero-order valence-electron chi connectivity index (χ0n) is 13.5. The molecule has 0 radical (unpaired) electrons. The van der Waals surface area contributed by atoms with Crippen molar-refractivity contribution >= 4 is 35.6 Å². The summed E-state index contributed by atoms with van der Waals surface area (Å²) in [6, 6.07) is 10.6. The van der Waals surface area contributed by atoms with Crippen LogP contribution in [0.3, 0.4) is 0 Å². The Hall–Kier alpha value is -1.83. The van der Waals surface area contributed by atoms with E-state index >= 15 is 0 Å². The molecule has 0 saturated heterocycles. The van der Waals surface area contributed by atoms with Crippen LogP contribution in [-0.2, 0) is 19.4 Å². The van der Waals surface area contributed by atoms with Gasteiger partial charge in [0.1, 0.15) is 11.6 Å². The standard InChI is InChI=1S/C18H20FN3O.HI/c1-23-17-8-6-15(19)9-14(17)11-21-18(20)22-16-7-5-12-3-2-4-13(12)10-16;/h5-10H,2-4,11H2,1H3,(H3,20,21,22);1H. The molecule has 0 aliphatic heterocycles. The van der Waals surface area contributed by atoms with Crippen LogP contribution in [0.4, 0.5) is 10.1 Å². The number of hydrogen-bond acceptors (Lipinski definition) is 2. The molecule has 1 aliphatic carbocycles. The molecule has 0 saturated carbocycles. The molecule has 3 rings (SSSR count). The highest BCUT2D eigenvalue weighted by Crippen LogP contribution is 2.25. The Morgan fingerprint density at radius 2 is 2.00 bits per heavy atom. The summed E-state index contributed by atoms with van der Waals surface area (Å²) in [5.74, 6) is 0.580. The van der Waals surface area contributed by atoms with Gasteiger partial charge in [-0.05, 0) is 60.7 Å². The van der Waals surface area contributed by atoms with Crippen molar-refractivity contribution in [3.05, 3.63) is 58.9 Å². The van der Waals surface area contributed by atoms with Gasteiger partial charge in [0.05, 0.1) is 13.7 Å². The number of halogens is 2. The molecule has 0 spiro atoms. The fraction of sp³-hybridized carbons (Fsp3) is 0.278. The number of aryl methyl sites for hydroxylation is 2. The summed E-state index contributed by atoms with van der Waals surface area (Å²) in [5, 5.41) is 3.09. The van der Waals surface area contributed by atoms with Crippen molar-refractivity contribution in [3.63, 3.8) is 0 Å². The molecule has 6 heteroatoms. The first kappa shape index (κ1) is 18.5. The molecule has 1 aliphatic rings. The molecular formula is C18H21FIN3O. The maximum absolute atomic E-state index is 13.3. The van der Waals surface area contributed by atoms with Crippen LogP contribution in [0.15, 0.2) is 41.4 Å². The van der Waals surface area contributed by atoms with Crippen molar-refractivity contribution in [1.82, 2.24) is 0 Å². The number of nitrogens with one attached hydrogen (secondary N) is 1. The number of nitrogens with two attached hydrogens (primary N) is 1. The van der Waals surface area contributed by atoms with Crippen LogP contribution in [-0.4, -0.2) is 13.1 Å². The van der Waals surface area contributed by atoms with E-state index < -0.39 is 0 Å². The second-order valence-electron chi connectivity index (χ2n) is 5.62. The van der Waals surface area contributed by atoms with E-state index in [0.29, 0.717) is 17.3 Å².